The summed E-state index contributed by atoms with van der Waals surface area (Å²) in [5.41, 5.74) is 4.57. The quantitative estimate of drug-likeness (QED) is 0.543. The van der Waals surface area contributed by atoms with E-state index in [0.29, 0.717) is 11.3 Å². The molecule has 0 heteroatoms. The Balaban J connectivity index is 2.54. The van der Waals surface area contributed by atoms with Gasteiger partial charge >= 0.3 is 0 Å². The van der Waals surface area contributed by atoms with Crippen LogP contribution in [-0.4, -0.2) is 0 Å². The lowest BCUT2D eigenvalue weighted by atomic mass is 9.45. The van der Waals surface area contributed by atoms with Crippen molar-refractivity contribution in [3.8, 4) is 0 Å². The maximum Gasteiger partial charge on any atom is 0.0212 e. The van der Waals surface area contributed by atoms with E-state index in [1.165, 1.54) is 16.7 Å². The summed E-state index contributed by atoms with van der Waals surface area (Å²) < 4.78 is 0. The van der Waals surface area contributed by atoms with Crippen LogP contribution in [0.5, 0.6) is 0 Å². The first-order valence-corrected chi connectivity index (χ1v) is 5.38. The molecular formula is C14H20. The minimum atomic E-state index is 0.184. The van der Waals surface area contributed by atoms with Crippen LogP contribution < -0.4 is 0 Å². The van der Waals surface area contributed by atoms with E-state index in [1.54, 1.807) is 0 Å². The van der Waals surface area contributed by atoms with Crippen LogP contribution in [0, 0.1) is 16.7 Å². The number of hydrogen-bond acceptors (Lipinski definition) is 0. The van der Waals surface area contributed by atoms with Crippen molar-refractivity contribution in [2.24, 2.45) is 16.7 Å². The molecule has 2 rings (SSSR count). The summed E-state index contributed by atoms with van der Waals surface area (Å²) in [6.45, 7) is 19.4. The minimum absolute atomic E-state index is 0.184. The fourth-order valence-corrected chi connectivity index (χ4v) is 3.78. The monoisotopic (exact) mass is 188 g/mol. The Hall–Kier alpha value is -0.780. The highest BCUT2D eigenvalue weighted by molar-refractivity contribution is 5.47. The van der Waals surface area contributed by atoms with Crippen molar-refractivity contribution in [3.05, 3.63) is 36.5 Å². The van der Waals surface area contributed by atoms with E-state index in [9.17, 15) is 0 Å². The number of fused-ring (bicyclic) bond motifs is 1. The van der Waals surface area contributed by atoms with Gasteiger partial charge in [0.25, 0.3) is 0 Å². The standard InChI is InChI=1S/C14H20/c1-9(2)14-7-10(3)12(5)13(14,6)8-11(14)4/h12H,1,3-4,7-8H2,2,5-6H3. The first-order valence-electron chi connectivity index (χ1n) is 5.38. The Kier molecular flexibility index (Phi) is 1.69. The minimum Gasteiger partial charge on any atom is -0.0995 e. The number of rotatable bonds is 1. The van der Waals surface area contributed by atoms with Gasteiger partial charge in [0.2, 0.25) is 0 Å². The second-order valence-corrected chi connectivity index (χ2v) is 5.44. The molecule has 2 saturated carbocycles. The summed E-state index contributed by atoms with van der Waals surface area (Å²) in [5.74, 6) is 0.615. The molecule has 0 N–H and O–H groups in total. The molecule has 0 spiro atoms. The van der Waals surface area contributed by atoms with Crippen molar-refractivity contribution in [1.29, 1.82) is 0 Å². The predicted molar refractivity (Wildman–Crippen MR) is 62.0 cm³/mol. The summed E-state index contributed by atoms with van der Waals surface area (Å²) in [5, 5.41) is 0. The zero-order valence-corrected chi connectivity index (χ0v) is 9.61. The predicted octanol–water partition coefficient (Wildman–Crippen LogP) is 4.11. The van der Waals surface area contributed by atoms with E-state index >= 15 is 0 Å². The highest BCUT2D eigenvalue weighted by Crippen LogP contribution is 2.74. The maximum absolute atomic E-state index is 4.21. The van der Waals surface area contributed by atoms with Gasteiger partial charge in [0, 0.05) is 5.41 Å². The fourth-order valence-electron chi connectivity index (χ4n) is 3.78. The smallest absolute Gasteiger partial charge is 0.0212 e. The van der Waals surface area contributed by atoms with Gasteiger partial charge in [-0.25, -0.2) is 0 Å². The van der Waals surface area contributed by atoms with Crippen molar-refractivity contribution in [2.75, 3.05) is 0 Å². The molecule has 0 aromatic heterocycles. The van der Waals surface area contributed by atoms with Gasteiger partial charge in [-0.1, -0.05) is 50.3 Å². The number of allylic oxidation sites excluding steroid dienone is 3. The van der Waals surface area contributed by atoms with Crippen molar-refractivity contribution in [3.63, 3.8) is 0 Å². The van der Waals surface area contributed by atoms with Gasteiger partial charge in [0.15, 0.2) is 0 Å². The van der Waals surface area contributed by atoms with Gasteiger partial charge in [-0.3, -0.25) is 0 Å². The van der Waals surface area contributed by atoms with Crippen molar-refractivity contribution < 1.29 is 0 Å². The Morgan fingerprint density at radius 2 is 1.93 bits per heavy atom. The zero-order chi connectivity index (χ0) is 10.7. The average molecular weight is 188 g/mol. The van der Waals surface area contributed by atoms with Crippen LogP contribution in [0.2, 0.25) is 0 Å². The van der Waals surface area contributed by atoms with Crippen molar-refractivity contribution >= 4 is 0 Å². The van der Waals surface area contributed by atoms with Gasteiger partial charge in [-0.05, 0) is 31.1 Å². The third-order valence-corrected chi connectivity index (χ3v) is 4.95. The van der Waals surface area contributed by atoms with E-state index < -0.39 is 0 Å². The van der Waals surface area contributed by atoms with Crippen LogP contribution in [0.4, 0.5) is 0 Å². The third-order valence-electron chi connectivity index (χ3n) is 4.95. The zero-order valence-electron chi connectivity index (χ0n) is 9.61. The molecule has 14 heavy (non-hydrogen) atoms. The first kappa shape index (κ1) is 9.76. The molecule has 0 saturated heterocycles. The van der Waals surface area contributed by atoms with E-state index in [4.69, 9.17) is 0 Å². The van der Waals surface area contributed by atoms with Gasteiger partial charge < -0.3 is 0 Å². The molecule has 2 aliphatic rings. The van der Waals surface area contributed by atoms with Crippen LogP contribution in [-0.2, 0) is 0 Å². The lowest BCUT2D eigenvalue weighted by molar-refractivity contribution is 0.0469. The second kappa shape index (κ2) is 2.42. The van der Waals surface area contributed by atoms with Crippen LogP contribution in [0.15, 0.2) is 36.5 Å². The lowest BCUT2D eigenvalue weighted by Gasteiger charge is -2.58. The molecule has 76 valence electrons. The summed E-state index contributed by atoms with van der Waals surface area (Å²) in [6, 6.07) is 0. The highest BCUT2D eigenvalue weighted by atomic mass is 14.7. The van der Waals surface area contributed by atoms with E-state index in [0.717, 1.165) is 12.8 Å². The molecule has 2 aliphatic carbocycles. The van der Waals surface area contributed by atoms with Gasteiger partial charge in [-0.2, -0.15) is 0 Å². The molecular weight excluding hydrogens is 168 g/mol. The van der Waals surface area contributed by atoms with Gasteiger partial charge in [-0.15, -0.1) is 0 Å². The van der Waals surface area contributed by atoms with Gasteiger partial charge in [0.1, 0.15) is 0 Å². The third kappa shape index (κ3) is 0.724. The molecule has 0 aliphatic heterocycles. The Labute approximate surface area is 87.4 Å². The maximum atomic E-state index is 4.21. The first-order chi connectivity index (χ1) is 6.36. The van der Waals surface area contributed by atoms with Crippen molar-refractivity contribution in [2.45, 2.75) is 33.6 Å². The molecule has 2 fully saturated rings. The molecule has 0 bridgehead atoms. The molecule has 0 aromatic carbocycles. The van der Waals surface area contributed by atoms with Crippen LogP contribution in [0.25, 0.3) is 0 Å². The summed E-state index contributed by atoms with van der Waals surface area (Å²) in [6.07, 6.45) is 2.24. The highest BCUT2D eigenvalue weighted by Gasteiger charge is 2.65. The van der Waals surface area contributed by atoms with Crippen LogP contribution in [0.1, 0.15) is 33.6 Å². The van der Waals surface area contributed by atoms with Crippen molar-refractivity contribution in [1.82, 2.24) is 0 Å². The van der Waals surface area contributed by atoms with Gasteiger partial charge in [0.05, 0.1) is 0 Å². The molecule has 3 atom stereocenters. The topological polar surface area (TPSA) is 0 Å². The van der Waals surface area contributed by atoms with E-state index in [1.807, 2.05) is 0 Å². The Bertz CT molecular complexity index is 337. The Morgan fingerprint density at radius 1 is 1.36 bits per heavy atom. The average Bonchev–Trinajstić information content (AvgIpc) is 2.24. The number of hydrogen-bond donors (Lipinski definition) is 0. The lowest BCUT2D eigenvalue weighted by Crippen LogP contribution is -2.50. The summed E-state index contributed by atoms with van der Waals surface area (Å²) in [7, 11) is 0. The van der Waals surface area contributed by atoms with E-state index in [2.05, 4.69) is 40.5 Å². The second-order valence-electron chi connectivity index (χ2n) is 5.44. The van der Waals surface area contributed by atoms with E-state index in [-0.39, 0.29) is 5.41 Å². The SMILES string of the molecule is C=C1CC2(C(=C)C)C(=C)CC2(C)C1C. The largest absolute Gasteiger partial charge is 0.0995 e. The summed E-state index contributed by atoms with van der Waals surface area (Å²) in [4.78, 5) is 0. The van der Waals surface area contributed by atoms with Crippen LogP contribution >= 0.6 is 0 Å². The molecule has 0 amide bonds. The normalized spacial score (nSPS) is 46.1. The molecule has 0 nitrogen and oxygen atoms in total. The Morgan fingerprint density at radius 3 is 2.21 bits per heavy atom. The molecule has 0 heterocycles. The fraction of sp³-hybridized carbons (Fsp3) is 0.571. The molecule has 0 aromatic rings. The van der Waals surface area contributed by atoms with Crippen LogP contribution in [0.3, 0.4) is 0 Å². The molecule has 0 radical (unpaired) electrons. The summed E-state index contributed by atoms with van der Waals surface area (Å²) >= 11 is 0. The molecule has 3 unspecified atom stereocenters.